The van der Waals surface area contributed by atoms with Gasteiger partial charge in [0.05, 0.1) is 16.4 Å². The molecule has 3 heterocycles. The molecule has 0 atom stereocenters. The lowest BCUT2D eigenvalue weighted by atomic mass is 10.0. The number of imidazole rings is 1. The van der Waals surface area contributed by atoms with E-state index >= 15 is 0 Å². The van der Waals surface area contributed by atoms with Gasteiger partial charge < -0.3 is 9.55 Å². The van der Waals surface area contributed by atoms with E-state index in [1.165, 1.54) is 0 Å². The van der Waals surface area contributed by atoms with Gasteiger partial charge in [0.1, 0.15) is 16.5 Å². The highest BCUT2D eigenvalue weighted by atomic mass is 32.1. The van der Waals surface area contributed by atoms with Crippen LogP contribution in [0.2, 0.25) is 0 Å². The van der Waals surface area contributed by atoms with Crippen LogP contribution in [0, 0.1) is 13.8 Å². The summed E-state index contributed by atoms with van der Waals surface area (Å²) < 4.78 is 2.18. The number of H-pyrrole nitrogens is 1. The zero-order valence-corrected chi connectivity index (χ0v) is 17.1. The summed E-state index contributed by atoms with van der Waals surface area (Å²) in [7, 11) is 0. The van der Waals surface area contributed by atoms with Crippen molar-refractivity contribution in [2.24, 2.45) is 0 Å². The lowest BCUT2D eigenvalue weighted by molar-refractivity contribution is 0.670. The van der Waals surface area contributed by atoms with Crippen molar-refractivity contribution in [1.29, 1.82) is 0 Å². The maximum Gasteiger partial charge on any atom is 0.260 e. The Bertz CT molecular complexity index is 1400. The van der Waals surface area contributed by atoms with Crippen LogP contribution < -0.4 is 5.56 Å². The normalized spacial score (nSPS) is 11.5. The standard InChI is InChI=1S/C23H20N4OS/c1-14-20(16-8-4-3-5-9-16)21-22(28)25-19(26-23(21)29-14)12-13-27-15(2)24-17-10-6-7-11-18(17)27/h3-11H,12-13H2,1-2H3,(H,25,26,28). The topological polar surface area (TPSA) is 63.6 Å². The van der Waals surface area contributed by atoms with Gasteiger partial charge in [0.2, 0.25) is 0 Å². The number of fused-ring (bicyclic) bond motifs is 2. The average Bonchev–Trinajstić information content (AvgIpc) is 3.22. The second kappa shape index (κ2) is 6.97. The Morgan fingerprint density at radius 1 is 1.00 bits per heavy atom. The third-order valence-corrected chi connectivity index (χ3v) is 6.27. The fraction of sp³-hybridized carbons (Fsp3) is 0.174. The number of hydrogen-bond donors (Lipinski definition) is 1. The molecule has 0 aliphatic carbocycles. The van der Waals surface area contributed by atoms with Crippen molar-refractivity contribution in [2.75, 3.05) is 0 Å². The predicted molar refractivity (Wildman–Crippen MR) is 119 cm³/mol. The fourth-order valence-electron chi connectivity index (χ4n) is 3.93. The summed E-state index contributed by atoms with van der Waals surface area (Å²) in [6.07, 6.45) is 0.643. The number of aromatic nitrogens is 4. The van der Waals surface area contributed by atoms with Crippen LogP contribution in [0.1, 0.15) is 16.5 Å². The van der Waals surface area contributed by atoms with Gasteiger partial charge in [-0.05, 0) is 31.5 Å². The average molecular weight is 401 g/mol. The Morgan fingerprint density at radius 3 is 2.59 bits per heavy atom. The number of nitrogens with zero attached hydrogens (tertiary/aromatic N) is 3. The lowest BCUT2D eigenvalue weighted by Crippen LogP contribution is -2.14. The maximum atomic E-state index is 12.9. The van der Waals surface area contributed by atoms with E-state index in [1.54, 1.807) is 11.3 Å². The Morgan fingerprint density at radius 2 is 1.76 bits per heavy atom. The monoisotopic (exact) mass is 400 g/mol. The van der Waals surface area contributed by atoms with Crippen molar-refractivity contribution in [1.82, 2.24) is 19.5 Å². The molecule has 5 nitrogen and oxygen atoms in total. The van der Waals surface area contributed by atoms with Crippen LogP contribution in [-0.2, 0) is 13.0 Å². The molecule has 1 N–H and O–H groups in total. The van der Waals surface area contributed by atoms with Crippen molar-refractivity contribution in [3.05, 3.63) is 81.5 Å². The summed E-state index contributed by atoms with van der Waals surface area (Å²) in [4.78, 5) is 27.3. The number of rotatable bonds is 4. The van der Waals surface area contributed by atoms with E-state index in [0.717, 1.165) is 44.2 Å². The third kappa shape index (κ3) is 3.06. The van der Waals surface area contributed by atoms with E-state index in [-0.39, 0.29) is 5.56 Å². The summed E-state index contributed by atoms with van der Waals surface area (Å²) >= 11 is 1.58. The number of hydrogen-bond acceptors (Lipinski definition) is 4. The summed E-state index contributed by atoms with van der Waals surface area (Å²) in [5.41, 5.74) is 4.06. The largest absolute Gasteiger partial charge is 0.328 e. The summed E-state index contributed by atoms with van der Waals surface area (Å²) in [6.45, 7) is 4.78. The van der Waals surface area contributed by atoms with E-state index in [1.807, 2.05) is 55.5 Å². The van der Waals surface area contributed by atoms with Gasteiger partial charge in [-0.3, -0.25) is 4.79 Å². The van der Waals surface area contributed by atoms with Crippen molar-refractivity contribution in [3.63, 3.8) is 0 Å². The van der Waals surface area contributed by atoms with E-state index in [4.69, 9.17) is 4.98 Å². The molecule has 0 saturated heterocycles. The molecule has 5 aromatic rings. The predicted octanol–water partition coefficient (Wildman–Crippen LogP) is 4.86. The molecule has 0 bridgehead atoms. The number of para-hydroxylation sites is 2. The van der Waals surface area contributed by atoms with E-state index in [9.17, 15) is 4.79 Å². The lowest BCUT2D eigenvalue weighted by Gasteiger charge is -2.07. The Hall–Kier alpha value is -3.25. The van der Waals surface area contributed by atoms with Crippen LogP contribution in [0.5, 0.6) is 0 Å². The van der Waals surface area contributed by atoms with Gasteiger partial charge in [-0.1, -0.05) is 42.5 Å². The van der Waals surface area contributed by atoms with Gasteiger partial charge in [-0.15, -0.1) is 11.3 Å². The Labute approximate surface area is 171 Å². The van der Waals surface area contributed by atoms with Crippen LogP contribution >= 0.6 is 11.3 Å². The molecular formula is C23H20N4OS. The molecule has 6 heteroatoms. The van der Waals surface area contributed by atoms with E-state index < -0.39 is 0 Å². The Kier molecular flexibility index (Phi) is 4.28. The van der Waals surface area contributed by atoms with Gasteiger partial charge in [-0.25, -0.2) is 9.97 Å². The van der Waals surface area contributed by atoms with Crippen molar-refractivity contribution in [3.8, 4) is 11.1 Å². The first-order valence-electron chi connectivity index (χ1n) is 9.61. The smallest absolute Gasteiger partial charge is 0.260 e. The van der Waals surface area contributed by atoms with Crippen LogP contribution in [0.3, 0.4) is 0 Å². The number of benzene rings is 2. The first-order chi connectivity index (χ1) is 14.1. The van der Waals surface area contributed by atoms with Crippen LogP contribution in [0.25, 0.3) is 32.4 Å². The first-order valence-corrected chi connectivity index (χ1v) is 10.4. The first kappa shape index (κ1) is 17.8. The van der Waals surface area contributed by atoms with E-state index in [2.05, 4.69) is 27.5 Å². The van der Waals surface area contributed by atoms with Crippen molar-refractivity contribution < 1.29 is 0 Å². The van der Waals surface area contributed by atoms with Gasteiger partial charge in [-0.2, -0.15) is 0 Å². The highest BCUT2D eigenvalue weighted by Crippen LogP contribution is 2.35. The SMILES string of the molecule is Cc1sc2nc(CCn3c(C)nc4ccccc43)[nH]c(=O)c2c1-c1ccccc1. The van der Waals surface area contributed by atoms with Gasteiger partial charge in [0, 0.05) is 23.4 Å². The van der Waals surface area contributed by atoms with Gasteiger partial charge in [0.15, 0.2) is 0 Å². The van der Waals surface area contributed by atoms with Gasteiger partial charge in [0.25, 0.3) is 5.56 Å². The molecule has 29 heavy (non-hydrogen) atoms. The number of aryl methyl sites for hydroxylation is 4. The van der Waals surface area contributed by atoms with E-state index in [0.29, 0.717) is 17.6 Å². The molecular weight excluding hydrogens is 380 g/mol. The highest BCUT2D eigenvalue weighted by molar-refractivity contribution is 7.19. The molecule has 0 saturated carbocycles. The summed E-state index contributed by atoms with van der Waals surface area (Å²) in [5, 5.41) is 0.687. The molecule has 0 aliphatic rings. The molecule has 0 fully saturated rings. The van der Waals surface area contributed by atoms with Crippen LogP contribution in [0.15, 0.2) is 59.4 Å². The molecule has 0 aliphatic heterocycles. The highest BCUT2D eigenvalue weighted by Gasteiger charge is 2.16. The number of aromatic amines is 1. The molecule has 0 unspecified atom stereocenters. The Balaban J connectivity index is 1.52. The molecule has 0 spiro atoms. The molecule has 144 valence electrons. The molecule has 3 aromatic heterocycles. The maximum absolute atomic E-state index is 12.9. The molecule has 2 aromatic carbocycles. The minimum atomic E-state index is -0.0691. The molecule has 0 radical (unpaired) electrons. The minimum Gasteiger partial charge on any atom is -0.328 e. The molecule has 0 amide bonds. The zero-order valence-electron chi connectivity index (χ0n) is 16.3. The van der Waals surface area contributed by atoms with Gasteiger partial charge >= 0.3 is 0 Å². The van der Waals surface area contributed by atoms with Crippen molar-refractivity contribution in [2.45, 2.75) is 26.8 Å². The fourth-order valence-corrected chi connectivity index (χ4v) is 4.99. The van der Waals surface area contributed by atoms with Crippen LogP contribution in [0.4, 0.5) is 0 Å². The summed E-state index contributed by atoms with van der Waals surface area (Å²) in [5.74, 6) is 1.67. The quantitative estimate of drug-likeness (QED) is 0.468. The number of thiophene rings is 1. The molecule has 5 rings (SSSR count). The summed E-state index contributed by atoms with van der Waals surface area (Å²) in [6, 6.07) is 18.1. The zero-order chi connectivity index (χ0) is 20.0. The van der Waals surface area contributed by atoms with Crippen LogP contribution in [-0.4, -0.2) is 19.5 Å². The second-order valence-corrected chi connectivity index (χ2v) is 8.34. The minimum absolute atomic E-state index is 0.0691. The third-order valence-electron chi connectivity index (χ3n) is 5.27. The number of nitrogens with one attached hydrogen (secondary N) is 1. The second-order valence-electron chi connectivity index (χ2n) is 7.14. The van der Waals surface area contributed by atoms with Crippen molar-refractivity contribution >= 4 is 32.6 Å².